The summed E-state index contributed by atoms with van der Waals surface area (Å²) in [5.41, 5.74) is 4.77. The molecule has 122 valence electrons. The molecule has 1 aliphatic heterocycles. The van der Waals surface area contributed by atoms with E-state index in [2.05, 4.69) is 24.3 Å². The van der Waals surface area contributed by atoms with Crippen molar-refractivity contribution in [1.29, 1.82) is 0 Å². The number of nitrogens with zero attached hydrogens (tertiary/aromatic N) is 1. The molecule has 0 aromatic heterocycles. The molecular weight excluding hydrogens is 298 g/mol. The van der Waals surface area contributed by atoms with Crippen molar-refractivity contribution in [2.24, 2.45) is 5.92 Å². The molecule has 2 aliphatic rings. The molecule has 0 spiro atoms. The average molecular weight is 319 g/mol. The van der Waals surface area contributed by atoms with E-state index in [-0.39, 0.29) is 5.91 Å². The lowest BCUT2D eigenvalue weighted by molar-refractivity contribution is -0.132. The fraction of sp³-hybridized carbons (Fsp3) is 0.286. The van der Waals surface area contributed by atoms with Crippen LogP contribution >= 0.6 is 0 Å². The number of hydrogen-bond acceptors (Lipinski definition) is 2. The van der Waals surface area contributed by atoms with Crippen molar-refractivity contribution in [1.82, 2.24) is 4.90 Å². The maximum atomic E-state index is 12.5. The van der Waals surface area contributed by atoms with Crippen LogP contribution in [-0.4, -0.2) is 17.9 Å². The Kier molecular flexibility index (Phi) is 3.85. The van der Waals surface area contributed by atoms with Gasteiger partial charge in [0, 0.05) is 23.6 Å². The molecule has 0 radical (unpaired) electrons. The standard InChI is InChI=1S/C21H21NO2/c1-24-20-9-5-8-16-13-19-17(12-18(16)20)10-11-21(23)22(19)14-15-6-3-2-4-7-15/h2-9,13,17H,10-12,14H2,1H3. The van der Waals surface area contributed by atoms with Crippen LogP contribution in [0.25, 0.3) is 6.08 Å². The number of likely N-dealkylation sites (tertiary alicyclic amines) is 1. The van der Waals surface area contributed by atoms with Gasteiger partial charge in [0.15, 0.2) is 0 Å². The second kappa shape index (κ2) is 6.16. The Morgan fingerprint density at radius 2 is 1.96 bits per heavy atom. The summed E-state index contributed by atoms with van der Waals surface area (Å²) in [7, 11) is 1.72. The molecule has 1 unspecified atom stereocenters. The van der Waals surface area contributed by atoms with Crippen molar-refractivity contribution < 1.29 is 9.53 Å². The minimum absolute atomic E-state index is 0.229. The number of carbonyl (C=O) groups excluding carboxylic acids is 1. The maximum absolute atomic E-state index is 12.5. The molecule has 0 bridgehead atoms. The molecule has 1 fully saturated rings. The van der Waals surface area contributed by atoms with E-state index >= 15 is 0 Å². The predicted molar refractivity (Wildman–Crippen MR) is 94.4 cm³/mol. The Morgan fingerprint density at radius 1 is 1.12 bits per heavy atom. The molecule has 3 heteroatoms. The van der Waals surface area contributed by atoms with Crippen LogP contribution < -0.4 is 4.74 Å². The third-order valence-electron chi connectivity index (χ3n) is 5.06. The molecule has 1 amide bonds. The summed E-state index contributed by atoms with van der Waals surface area (Å²) in [6.45, 7) is 0.654. The largest absolute Gasteiger partial charge is 0.496 e. The predicted octanol–water partition coefficient (Wildman–Crippen LogP) is 4.03. The van der Waals surface area contributed by atoms with Crippen molar-refractivity contribution in [3.63, 3.8) is 0 Å². The van der Waals surface area contributed by atoms with Crippen LogP contribution in [0, 0.1) is 5.92 Å². The fourth-order valence-corrected chi connectivity index (χ4v) is 3.83. The minimum atomic E-state index is 0.229. The fourth-order valence-electron chi connectivity index (χ4n) is 3.83. The van der Waals surface area contributed by atoms with Crippen molar-refractivity contribution >= 4 is 12.0 Å². The number of hydrogen-bond donors (Lipinski definition) is 0. The first kappa shape index (κ1) is 15.0. The van der Waals surface area contributed by atoms with Crippen LogP contribution in [0.5, 0.6) is 5.75 Å². The Morgan fingerprint density at radius 3 is 2.75 bits per heavy atom. The number of allylic oxidation sites excluding steroid dienone is 1. The zero-order valence-electron chi connectivity index (χ0n) is 13.9. The molecule has 24 heavy (non-hydrogen) atoms. The van der Waals surface area contributed by atoms with Crippen LogP contribution in [0.15, 0.2) is 54.2 Å². The summed E-state index contributed by atoms with van der Waals surface area (Å²) in [5.74, 6) is 1.58. The van der Waals surface area contributed by atoms with E-state index < -0.39 is 0 Å². The van der Waals surface area contributed by atoms with Gasteiger partial charge in [-0.1, -0.05) is 42.5 Å². The molecule has 3 nitrogen and oxygen atoms in total. The van der Waals surface area contributed by atoms with Crippen LogP contribution in [0.3, 0.4) is 0 Å². The van der Waals surface area contributed by atoms with Crippen LogP contribution in [0.1, 0.15) is 29.5 Å². The Bertz CT molecular complexity index is 795. The van der Waals surface area contributed by atoms with E-state index in [9.17, 15) is 4.79 Å². The van der Waals surface area contributed by atoms with Gasteiger partial charge in [-0.25, -0.2) is 0 Å². The van der Waals surface area contributed by atoms with Crippen molar-refractivity contribution in [3.05, 3.63) is 70.9 Å². The van der Waals surface area contributed by atoms with E-state index in [0.717, 1.165) is 24.3 Å². The maximum Gasteiger partial charge on any atom is 0.227 e. The number of rotatable bonds is 3. The van der Waals surface area contributed by atoms with Gasteiger partial charge in [0.05, 0.1) is 13.7 Å². The van der Waals surface area contributed by atoms with Gasteiger partial charge >= 0.3 is 0 Å². The Hall–Kier alpha value is -2.55. The molecule has 0 N–H and O–H groups in total. The van der Waals surface area contributed by atoms with E-state index in [1.807, 2.05) is 35.2 Å². The summed E-state index contributed by atoms with van der Waals surface area (Å²) >= 11 is 0. The highest BCUT2D eigenvalue weighted by Crippen LogP contribution is 2.40. The number of carbonyl (C=O) groups is 1. The number of piperidine rings is 1. The van der Waals surface area contributed by atoms with E-state index in [1.165, 1.54) is 16.7 Å². The Labute approximate surface area is 142 Å². The third-order valence-corrected chi connectivity index (χ3v) is 5.06. The summed E-state index contributed by atoms with van der Waals surface area (Å²) < 4.78 is 5.53. The minimum Gasteiger partial charge on any atom is -0.496 e. The van der Waals surface area contributed by atoms with Gasteiger partial charge in [-0.05, 0) is 36.1 Å². The lowest BCUT2D eigenvalue weighted by atomic mass is 9.81. The lowest BCUT2D eigenvalue weighted by Gasteiger charge is -2.38. The highest BCUT2D eigenvalue weighted by atomic mass is 16.5. The third kappa shape index (κ3) is 2.60. The summed E-state index contributed by atoms with van der Waals surface area (Å²) in [6.07, 6.45) is 4.68. The second-order valence-corrected chi connectivity index (χ2v) is 6.50. The van der Waals surface area contributed by atoms with Gasteiger partial charge < -0.3 is 9.64 Å². The van der Waals surface area contributed by atoms with Crippen LogP contribution in [0.4, 0.5) is 0 Å². The van der Waals surface area contributed by atoms with Gasteiger partial charge in [-0.3, -0.25) is 4.79 Å². The Balaban J connectivity index is 1.72. The number of amides is 1. The molecule has 2 aromatic rings. The quantitative estimate of drug-likeness (QED) is 0.855. The average Bonchev–Trinajstić information content (AvgIpc) is 2.63. The zero-order valence-corrected chi connectivity index (χ0v) is 13.9. The number of benzene rings is 2. The molecular formula is C21H21NO2. The molecule has 0 saturated carbocycles. The molecule has 2 aromatic carbocycles. The first-order chi connectivity index (χ1) is 11.8. The molecule has 1 heterocycles. The van der Waals surface area contributed by atoms with E-state index in [0.29, 0.717) is 18.9 Å². The molecule has 1 saturated heterocycles. The molecule has 1 atom stereocenters. The van der Waals surface area contributed by atoms with Crippen molar-refractivity contribution in [3.8, 4) is 5.75 Å². The SMILES string of the molecule is COc1cccc2c1CC1CCC(=O)N(Cc3ccccc3)C1=C2. The van der Waals surface area contributed by atoms with Gasteiger partial charge in [-0.2, -0.15) is 0 Å². The van der Waals surface area contributed by atoms with Gasteiger partial charge in [-0.15, -0.1) is 0 Å². The van der Waals surface area contributed by atoms with Crippen LogP contribution in [0.2, 0.25) is 0 Å². The smallest absolute Gasteiger partial charge is 0.227 e. The zero-order chi connectivity index (χ0) is 16.5. The monoisotopic (exact) mass is 319 g/mol. The summed E-state index contributed by atoms with van der Waals surface area (Å²) in [4.78, 5) is 14.5. The first-order valence-corrected chi connectivity index (χ1v) is 8.48. The topological polar surface area (TPSA) is 29.5 Å². The number of ether oxygens (including phenoxy) is 1. The van der Waals surface area contributed by atoms with E-state index in [1.54, 1.807) is 7.11 Å². The number of methoxy groups -OCH3 is 1. The molecule has 4 rings (SSSR count). The normalized spacial score (nSPS) is 19.4. The highest BCUT2D eigenvalue weighted by Gasteiger charge is 2.34. The van der Waals surface area contributed by atoms with E-state index in [4.69, 9.17) is 4.74 Å². The first-order valence-electron chi connectivity index (χ1n) is 8.48. The summed E-state index contributed by atoms with van der Waals surface area (Å²) in [6, 6.07) is 16.4. The van der Waals surface area contributed by atoms with Crippen molar-refractivity contribution in [2.75, 3.05) is 7.11 Å². The van der Waals surface area contributed by atoms with Gasteiger partial charge in [0.2, 0.25) is 5.91 Å². The van der Waals surface area contributed by atoms with Gasteiger partial charge in [0.25, 0.3) is 0 Å². The number of fused-ring (bicyclic) bond motifs is 2. The molecule has 1 aliphatic carbocycles. The van der Waals surface area contributed by atoms with Gasteiger partial charge in [0.1, 0.15) is 5.75 Å². The lowest BCUT2D eigenvalue weighted by Crippen LogP contribution is -2.39. The van der Waals surface area contributed by atoms with Crippen LogP contribution in [-0.2, 0) is 17.8 Å². The highest BCUT2D eigenvalue weighted by molar-refractivity contribution is 5.82. The summed E-state index contributed by atoms with van der Waals surface area (Å²) in [5, 5.41) is 0. The second-order valence-electron chi connectivity index (χ2n) is 6.50. The van der Waals surface area contributed by atoms with Crippen molar-refractivity contribution in [2.45, 2.75) is 25.8 Å².